The van der Waals surface area contributed by atoms with Crippen LogP contribution in [0.2, 0.25) is 0 Å². The molecule has 7 heteroatoms. The van der Waals surface area contributed by atoms with E-state index in [1.807, 2.05) is 20.2 Å². The molecule has 2 N–H and O–H groups in total. The van der Waals surface area contributed by atoms with Gasteiger partial charge in [-0.1, -0.05) is 26.7 Å². The SMILES string of the molecule is CCC(CC)C(CNC(=NC)NCc1cnc(C)s1)N1CCOCC1. The number of thiazole rings is 1. The second-order valence-electron chi connectivity index (χ2n) is 6.44. The van der Waals surface area contributed by atoms with Gasteiger partial charge in [0.05, 0.1) is 24.8 Å². The Morgan fingerprint density at radius 3 is 2.60 bits per heavy atom. The number of nitrogens with zero attached hydrogens (tertiary/aromatic N) is 3. The molecular formula is C18H33N5OS. The molecule has 142 valence electrons. The Kier molecular flexibility index (Phi) is 8.64. The van der Waals surface area contributed by atoms with Crippen molar-refractivity contribution in [2.45, 2.75) is 46.2 Å². The van der Waals surface area contributed by atoms with Gasteiger partial charge in [-0.3, -0.25) is 9.89 Å². The highest BCUT2D eigenvalue weighted by Crippen LogP contribution is 2.19. The number of ether oxygens (including phenoxy) is 1. The molecule has 0 bridgehead atoms. The van der Waals surface area contributed by atoms with Crippen LogP contribution < -0.4 is 10.6 Å². The summed E-state index contributed by atoms with van der Waals surface area (Å²) < 4.78 is 5.53. The number of nitrogens with one attached hydrogen (secondary N) is 2. The van der Waals surface area contributed by atoms with Crippen molar-refractivity contribution in [2.24, 2.45) is 10.9 Å². The van der Waals surface area contributed by atoms with Crippen molar-refractivity contribution in [3.8, 4) is 0 Å². The molecule has 0 aliphatic carbocycles. The van der Waals surface area contributed by atoms with Crippen LogP contribution in [0.3, 0.4) is 0 Å². The van der Waals surface area contributed by atoms with Crippen molar-refractivity contribution >= 4 is 17.3 Å². The molecule has 0 amide bonds. The summed E-state index contributed by atoms with van der Waals surface area (Å²) in [7, 11) is 1.83. The van der Waals surface area contributed by atoms with E-state index >= 15 is 0 Å². The monoisotopic (exact) mass is 367 g/mol. The van der Waals surface area contributed by atoms with Gasteiger partial charge in [0, 0.05) is 43.8 Å². The highest BCUT2D eigenvalue weighted by molar-refractivity contribution is 7.11. The number of hydrogen-bond acceptors (Lipinski definition) is 5. The maximum atomic E-state index is 5.53. The van der Waals surface area contributed by atoms with E-state index in [1.165, 1.54) is 17.7 Å². The predicted molar refractivity (Wildman–Crippen MR) is 105 cm³/mol. The van der Waals surface area contributed by atoms with Crippen LogP contribution in [-0.2, 0) is 11.3 Å². The number of morpholine rings is 1. The van der Waals surface area contributed by atoms with E-state index in [4.69, 9.17) is 4.74 Å². The van der Waals surface area contributed by atoms with Gasteiger partial charge in [-0.2, -0.15) is 0 Å². The van der Waals surface area contributed by atoms with E-state index < -0.39 is 0 Å². The van der Waals surface area contributed by atoms with E-state index in [0.717, 1.165) is 50.4 Å². The lowest BCUT2D eigenvalue weighted by atomic mass is 9.92. The molecule has 25 heavy (non-hydrogen) atoms. The number of hydrogen-bond donors (Lipinski definition) is 2. The Bertz CT molecular complexity index is 523. The van der Waals surface area contributed by atoms with Crippen LogP contribution >= 0.6 is 11.3 Å². The van der Waals surface area contributed by atoms with E-state index in [-0.39, 0.29) is 0 Å². The van der Waals surface area contributed by atoms with Gasteiger partial charge in [0.25, 0.3) is 0 Å². The summed E-state index contributed by atoms with van der Waals surface area (Å²) in [6.07, 6.45) is 4.33. The third kappa shape index (κ3) is 6.24. The van der Waals surface area contributed by atoms with Gasteiger partial charge < -0.3 is 15.4 Å². The van der Waals surface area contributed by atoms with Gasteiger partial charge in [-0.15, -0.1) is 11.3 Å². The van der Waals surface area contributed by atoms with Gasteiger partial charge in [-0.25, -0.2) is 4.98 Å². The van der Waals surface area contributed by atoms with Gasteiger partial charge in [0.15, 0.2) is 5.96 Å². The summed E-state index contributed by atoms with van der Waals surface area (Å²) in [6.45, 7) is 12.0. The molecule has 2 heterocycles. The van der Waals surface area contributed by atoms with Crippen LogP contribution in [0.25, 0.3) is 0 Å². The zero-order chi connectivity index (χ0) is 18.1. The fourth-order valence-electron chi connectivity index (χ4n) is 3.42. The lowest BCUT2D eigenvalue weighted by Crippen LogP contribution is -2.53. The van der Waals surface area contributed by atoms with Gasteiger partial charge in [0.2, 0.25) is 0 Å². The lowest BCUT2D eigenvalue weighted by molar-refractivity contribution is 0.00272. The number of aromatic nitrogens is 1. The van der Waals surface area contributed by atoms with Crippen LogP contribution in [0, 0.1) is 12.8 Å². The van der Waals surface area contributed by atoms with Crippen LogP contribution in [-0.4, -0.2) is 61.8 Å². The highest BCUT2D eigenvalue weighted by atomic mass is 32.1. The van der Waals surface area contributed by atoms with Crippen LogP contribution in [0.5, 0.6) is 0 Å². The molecule has 1 unspecified atom stereocenters. The Morgan fingerprint density at radius 1 is 1.32 bits per heavy atom. The zero-order valence-electron chi connectivity index (χ0n) is 16.0. The Labute approximate surface area is 156 Å². The summed E-state index contributed by atoms with van der Waals surface area (Å²) in [5.74, 6) is 1.54. The standard InChI is InChI=1S/C18H33N5OS/c1-5-15(6-2)17(23-7-9-24-10-8-23)13-22-18(19-4)21-12-16-11-20-14(3)25-16/h11,15,17H,5-10,12-13H2,1-4H3,(H2,19,21,22). The summed E-state index contributed by atoms with van der Waals surface area (Å²) in [5.41, 5.74) is 0. The molecule has 1 aromatic heterocycles. The van der Waals surface area contributed by atoms with E-state index in [2.05, 4.69) is 39.4 Å². The molecule has 2 rings (SSSR count). The Hall–Kier alpha value is -1.18. The summed E-state index contributed by atoms with van der Waals surface area (Å²) in [4.78, 5) is 12.5. The molecular weight excluding hydrogens is 334 g/mol. The second kappa shape index (κ2) is 10.7. The number of rotatable bonds is 8. The van der Waals surface area contributed by atoms with Crippen LogP contribution in [0.15, 0.2) is 11.2 Å². The number of aryl methyl sites for hydroxylation is 1. The first-order valence-corrected chi connectivity index (χ1v) is 10.2. The zero-order valence-corrected chi connectivity index (χ0v) is 16.9. The van der Waals surface area contributed by atoms with Gasteiger partial charge in [0.1, 0.15) is 0 Å². The summed E-state index contributed by atoms with van der Waals surface area (Å²) in [5, 5.41) is 8.03. The molecule has 1 aliphatic rings. The normalized spacial score (nSPS) is 17.7. The van der Waals surface area contributed by atoms with E-state index in [0.29, 0.717) is 12.0 Å². The molecule has 1 fully saturated rings. The maximum absolute atomic E-state index is 5.53. The minimum atomic E-state index is 0.517. The third-order valence-corrected chi connectivity index (χ3v) is 5.82. The fourth-order valence-corrected chi connectivity index (χ4v) is 4.15. The van der Waals surface area contributed by atoms with Crippen molar-refractivity contribution < 1.29 is 4.74 Å². The first-order valence-electron chi connectivity index (χ1n) is 9.35. The van der Waals surface area contributed by atoms with Crippen molar-refractivity contribution in [3.63, 3.8) is 0 Å². The van der Waals surface area contributed by atoms with Gasteiger partial charge in [-0.05, 0) is 12.8 Å². The van der Waals surface area contributed by atoms with Crippen LogP contribution in [0.4, 0.5) is 0 Å². The molecule has 1 aliphatic heterocycles. The average Bonchev–Trinajstić information content (AvgIpc) is 3.07. The van der Waals surface area contributed by atoms with E-state index in [1.54, 1.807) is 11.3 Å². The second-order valence-corrected chi connectivity index (χ2v) is 7.76. The lowest BCUT2D eigenvalue weighted by Gasteiger charge is -2.39. The number of guanidine groups is 1. The van der Waals surface area contributed by atoms with Crippen molar-refractivity contribution in [3.05, 3.63) is 16.1 Å². The fraction of sp³-hybridized carbons (Fsp3) is 0.778. The molecule has 0 saturated carbocycles. The minimum absolute atomic E-state index is 0.517. The quantitative estimate of drug-likeness (QED) is 0.545. The maximum Gasteiger partial charge on any atom is 0.191 e. The topological polar surface area (TPSA) is 61.8 Å². The molecule has 0 radical (unpaired) electrons. The highest BCUT2D eigenvalue weighted by Gasteiger charge is 2.26. The van der Waals surface area contributed by atoms with Crippen molar-refractivity contribution in [2.75, 3.05) is 39.9 Å². The summed E-state index contributed by atoms with van der Waals surface area (Å²) in [6, 6.07) is 0.517. The molecule has 1 saturated heterocycles. The molecule has 1 aromatic rings. The molecule has 0 aromatic carbocycles. The van der Waals surface area contributed by atoms with Crippen LogP contribution in [0.1, 0.15) is 36.6 Å². The molecule has 0 spiro atoms. The molecule has 1 atom stereocenters. The molecule has 6 nitrogen and oxygen atoms in total. The smallest absolute Gasteiger partial charge is 0.191 e. The minimum Gasteiger partial charge on any atom is -0.379 e. The van der Waals surface area contributed by atoms with Crippen molar-refractivity contribution in [1.82, 2.24) is 20.5 Å². The third-order valence-electron chi connectivity index (χ3n) is 4.91. The van der Waals surface area contributed by atoms with E-state index in [9.17, 15) is 0 Å². The largest absolute Gasteiger partial charge is 0.379 e. The Balaban J connectivity index is 1.89. The predicted octanol–water partition coefficient (Wildman–Crippen LogP) is 2.25. The van der Waals surface area contributed by atoms with Crippen molar-refractivity contribution in [1.29, 1.82) is 0 Å². The first-order chi connectivity index (χ1) is 12.2. The Morgan fingerprint density at radius 2 is 2.04 bits per heavy atom. The number of aliphatic imine (C=N–C) groups is 1. The first kappa shape index (κ1) is 20.1. The summed E-state index contributed by atoms with van der Waals surface area (Å²) >= 11 is 1.72. The average molecular weight is 368 g/mol. The van der Waals surface area contributed by atoms with Gasteiger partial charge >= 0.3 is 0 Å².